The second-order valence-electron chi connectivity index (χ2n) is 10.0. The summed E-state index contributed by atoms with van der Waals surface area (Å²) in [5.74, 6) is 1.13. The number of carboxylic acid groups (broad SMARTS) is 1. The van der Waals surface area contributed by atoms with Gasteiger partial charge in [-0.25, -0.2) is 19.7 Å². The van der Waals surface area contributed by atoms with Crippen LogP contribution in [0.15, 0.2) is 60.8 Å². The number of imidazole rings is 1. The first-order chi connectivity index (χ1) is 19.6. The van der Waals surface area contributed by atoms with Gasteiger partial charge in [-0.3, -0.25) is 4.90 Å². The molecule has 206 valence electrons. The zero-order valence-electron chi connectivity index (χ0n) is 22.3. The molecule has 1 atom stereocenters. The Hall–Kier alpha value is -4.28. The Morgan fingerprint density at radius 3 is 2.75 bits per heavy atom. The fourth-order valence-electron chi connectivity index (χ4n) is 5.00. The zero-order valence-corrected chi connectivity index (χ0v) is 22.3. The third kappa shape index (κ3) is 5.68. The van der Waals surface area contributed by atoms with E-state index in [9.17, 15) is 9.90 Å². The normalized spacial score (nSPS) is 17.3. The van der Waals surface area contributed by atoms with Crippen molar-refractivity contribution in [2.24, 2.45) is 0 Å². The lowest BCUT2D eigenvalue weighted by molar-refractivity contribution is -0.0591. The lowest BCUT2D eigenvalue weighted by Crippen LogP contribution is -2.33. The predicted molar refractivity (Wildman–Crippen MR) is 148 cm³/mol. The fraction of sp³-hybridized carbons (Fsp3) is 0.333. The molecule has 1 fully saturated rings. The van der Waals surface area contributed by atoms with Crippen molar-refractivity contribution in [2.45, 2.75) is 38.6 Å². The van der Waals surface area contributed by atoms with E-state index in [1.807, 2.05) is 30.3 Å². The molecule has 1 aromatic carbocycles. The van der Waals surface area contributed by atoms with Crippen molar-refractivity contribution in [1.29, 1.82) is 0 Å². The second-order valence-corrected chi connectivity index (χ2v) is 10.0. The minimum absolute atomic E-state index is 0.138. The van der Waals surface area contributed by atoms with Gasteiger partial charge in [-0.15, -0.1) is 0 Å². The Morgan fingerprint density at radius 2 is 2.05 bits per heavy atom. The van der Waals surface area contributed by atoms with Crippen molar-refractivity contribution in [3.05, 3.63) is 83.4 Å². The van der Waals surface area contributed by atoms with Crippen LogP contribution in [0.25, 0.3) is 16.6 Å². The molecule has 2 aliphatic rings. The van der Waals surface area contributed by atoms with Crippen molar-refractivity contribution < 1.29 is 24.1 Å². The number of fused-ring (bicyclic) bond motifs is 1. The number of benzene rings is 1. The van der Waals surface area contributed by atoms with E-state index in [4.69, 9.17) is 24.2 Å². The van der Waals surface area contributed by atoms with Gasteiger partial charge in [-0.2, -0.15) is 0 Å². The molecule has 0 spiro atoms. The van der Waals surface area contributed by atoms with Crippen LogP contribution in [0.1, 0.15) is 40.3 Å². The number of rotatable bonds is 10. The molecular formula is C30H31N5O5. The van der Waals surface area contributed by atoms with Crippen molar-refractivity contribution in [1.82, 2.24) is 24.4 Å². The average molecular weight is 542 g/mol. The van der Waals surface area contributed by atoms with Crippen LogP contribution in [0.4, 0.5) is 0 Å². The number of ether oxygens (including phenoxy) is 3. The van der Waals surface area contributed by atoms with E-state index in [0.29, 0.717) is 31.5 Å². The molecule has 0 aliphatic carbocycles. The molecule has 2 aliphatic heterocycles. The van der Waals surface area contributed by atoms with Gasteiger partial charge < -0.3 is 23.9 Å². The standard InChI is InChI=1S/C30H31N5O5/c1-38-28-8-5-20(16-31-28)19-40-29-4-2-3-24(33-29)21-9-12-34(13-10-21)18-27-32-25-7-6-22(30(36)37)15-26(25)35(27)17-23-11-14-39-23/h2-9,15-16,23H,10-14,17-19H2,1H3,(H,36,37)/t23-/m0/s1. The van der Waals surface area contributed by atoms with Crippen LogP contribution < -0.4 is 9.47 Å². The van der Waals surface area contributed by atoms with Crippen LogP contribution >= 0.6 is 0 Å². The van der Waals surface area contributed by atoms with Crippen LogP contribution in [0.5, 0.6) is 11.8 Å². The molecule has 1 saturated heterocycles. The van der Waals surface area contributed by atoms with Crippen LogP contribution in [-0.2, 0) is 24.4 Å². The Labute approximate surface area is 231 Å². The maximum atomic E-state index is 11.6. The van der Waals surface area contributed by atoms with E-state index in [0.717, 1.165) is 60.7 Å². The summed E-state index contributed by atoms with van der Waals surface area (Å²) in [6, 6.07) is 14.7. The summed E-state index contributed by atoms with van der Waals surface area (Å²) in [6.07, 6.45) is 5.94. The molecule has 0 saturated carbocycles. The van der Waals surface area contributed by atoms with Crippen LogP contribution in [0.3, 0.4) is 0 Å². The highest BCUT2D eigenvalue weighted by Gasteiger charge is 2.24. The smallest absolute Gasteiger partial charge is 0.335 e. The van der Waals surface area contributed by atoms with Gasteiger partial charge in [0.2, 0.25) is 11.8 Å². The lowest BCUT2D eigenvalue weighted by atomic mass is 10.0. The van der Waals surface area contributed by atoms with E-state index in [2.05, 4.69) is 20.5 Å². The summed E-state index contributed by atoms with van der Waals surface area (Å²) in [5.41, 5.74) is 4.95. The average Bonchev–Trinajstić information content (AvgIpc) is 3.30. The molecule has 5 heterocycles. The molecule has 10 heteroatoms. The Balaban J connectivity index is 1.13. The van der Waals surface area contributed by atoms with Gasteiger partial charge >= 0.3 is 5.97 Å². The number of methoxy groups -OCH3 is 1. The Bertz CT molecular complexity index is 1540. The highest BCUT2D eigenvalue weighted by atomic mass is 16.5. The maximum absolute atomic E-state index is 11.6. The van der Waals surface area contributed by atoms with E-state index in [1.54, 1.807) is 31.5 Å². The molecular weight excluding hydrogens is 510 g/mol. The zero-order chi connectivity index (χ0) is 27.5. The van der Waals surface area contributed by atoms with Gasteiger partial charge in [0.25, 0.3) is 0 Å². The third-order valence-electron chi connectivity index (χ3n) is 7.36. The number of aromatic nitrogens is 4. The number of hydrogen-bond acceptors (Lipinski definition) is 8. The van der Waals surface area contributed by atoms with Gasteiger partial charge in [0, 0.05) is 43.6 Å². The fourth-order valence-corrected chi connectivity index (χ4v) is 5.00. The quantitative estimate of drug-likeness (QED) is 0.316. The third-order valence-corrected chi connectivity index (χ3v) is 7.36. The summed E-state index contributed by atoms with van der Waals surface area (Å²) < 4.78 is 18.8. The summed E-state index contributed by atoms with van der Waals surface area (Å²) in [6.45, 7) is 4.11. The monoisotopic (exact) mass is 541 g/mol. The number of nitrogens with zero attached hydrogens (tertiary/aromatic N) is 5. The number of carboxylic acids is 1. The van der Waals surface area contributed by atoms with Crippen molar-refractivity contribution in [3.63, 3.8) is 0 Å². The van der Waals surface area contributed by atoms with E-state index >= 15 is 0 Å². The number of aromatic carboxylic acids is 1. The summed E-state index contributed by atoms with van der Waals surface area (Å²) in [4.78, 5) is 27.7. The van der Waals surface area contributed by atoms with Crippen LogP contribution in [0.2, 0.25) is 0 Å². The molecule has 4 aromatic rings. The largest absolute Gasteiger partial charge is 0.481 e. The lowest BCUT2D eigenvalue weighted by Gasteiger charge is -2.29. The van der Waals surface area contributed by atoms with Gasteiger partial charge in [-0.05, 0) is 48.7 Å². The highest BCUT2D eigenvalue weighted by molar-refractivity contribution is 5.92. The van der Waals surface area contributed by atoms with Gasteiger partial charge in [-0.1, -0.05) is 12.1 Å². The van der Waals surface area contributed by atoms with E-state index in [-0.39, 0.29) is 11.7 Å². The first-order valence-electron chi connectivity index (χ1n) is 13.4. The minimum Gasteiger partial charge on any atom is -0.481 e. The summed E-state index contributed by atoms with van der Waals surface area (Å²) in [7, 11) is 1.59. The second kappa shape index (κ2) is 11.4. The topological polar surface area (TPSA) is 112 Å². The number of hydrogen-bond donors (Lipinski definition) is 1. The predicted octanol–water partition coefficient (Wildman–Crippen LogP) is 4.19. The SMILES string of the molecule is COc1ccc(COc2cccc(C3=CCN(Cc4nc5ccc(C(=O)O)cc5n4C[C@@H]4CCO4)CC3)n2)cn1. The summed E-state index contributed by atoms with van der Waals surface area (Å²) in [5, 5.41) is 9.49. The van der Waals surface area contributed by atoms with Crippen molar-refractivity contribution in [3.8, 4) is 11.8 Å². The maximum Gasteiger partial charge on any atom is 0.335 e. The summed E-state index contributed by atoms with van der Waals surface area (Å²) >= 11 is 0. The Morgan fingerprint density at radius 1 is 1.15 bits per heavy atom. The van der Waals surface area contributed by atoms with Gasteiger partial charge in [0.15, 0.2) is 0 Å². The number of carbonyl (C=O) groups is 1. The van der Waals surface area contributed by atoms with Crippen molar-refractivity contribution >= 4 is 22.6 Å². The first-order valence-corrected chi connectivity index (χ1v) is 13.4. The minimum atomic E-state index is -0.939. The molecule has 0 radical (unpaired) electrons. The van der Waals surface area contributed by atoms with Crippen molar-refractivity contribution in [2.75, 3.05) is 26.8 Å². The number of pyridine rings is 2. The van der Waals surface area contributed by atoms with E-state index in [1.165, 1.54) is 5.57 Å². The Kier molecular flexibility index (Phi) is 7.43. The molecule has 3 aromatic heterocycles. The molecule has 1 N–H and O–H groups in total. The highest BCUT2D eigenvalue weighted by Crippen LogP contribution is 2.26. The molecule has 10 nitrogen and oxygen atoms in total. The van der Waals surface area contributed by atoms with Crippen LogP contribution in [0, 0.1) is 0 Å². The molecule has 40 heavy (non-hydrogen) atoms. The van der Waals surface area contributed by atoms with Crippen LogP contribution in [-0.4, -0.2) is 68.4 Å². The van der Waals surface area contributed by atoms with Gasteiger partial charge in [0.1, 0.15) is 12.4 Å². The first kappa shape index (κ1) is 26.0. The molecule has 0 amide bonds. The van der Waals surface area contributed by atoms with Gasteiger partial charge in [0.05, 0.1) is 48.6 Å². The molecule has 6 rings (SSSR count). The van der Waals surface area contributed by atoms with E-state index < -0.39 is 5.97 Å². The molecule has 0 bridgehead atoms. The molecule has 0 unspecified atom stereocenters.